The van der Waals surface area contributed by atoms with Gasteiger partial charge in [-0.3, -0.25) is 19.3 Å². The van der Waals surface area contributed by atoms with Crippen molar-refractivity contribution in [2.24, 2.45) is 23.7 Å². The van der Waals surface area contributed by atoms with E-state index in [-0.39, 0.29) is 30.1 Å². The van der Waals surface area contributed by atoms with Crippen LogP contribution in [-0.4, -0.2) is 41.2 Å². The van der Waals surface area contributed by atoms with E-state index >= 15 is 0 Å². The highest BCUT2D eigenvalue weighted by Crippen LogP contribution is 2.53. The first-order valence-electron chi connectivity index (χ1n) is 11.7. The molecule has 2 aliphatic carbocycles. The van der Waals surface area contributed by atoms with Crippen molar-refractivity contribution < 1.29 is 23.9 Å². The molecule has 1 N–H and O–H groups in total. The lowest BCUT2D eigenvalue weighted by Gasteiger charge is -2.26. The fourth-order valence-corrected chi connectivity index (χ4v) is 5.69. The molecule has 0 aromatic heterocycles. The number of anilines is 1. The molecule has 1 saturated carbocycles. The van der Waals surface area contributed by atoms with Crippen molar-refractivity contribution in [3.8, 4) is 0 Å². The molecule has 5 rings (SSSR count). The van der Waals surface area contributed by atoms with E-state index in [1.807, 2.05) is 42.5 Å². The first-order valence-corrected chi connectivity index (χ1v) is 12.0. The Morgan fingerprint density at radius 1 is 1.03 bits per heavy atom. The zero-order valence-corrected chi connectivity index (χ0v) is 19.9. The van der Waals surface area contributed by atoms with Gasteiger partial charge in [0, 0.05) is 17.1 Å². The van der Waals surface area contributed by atoms with Crippen LogP contribution < -0.4 is 5.32 Å². The highest BCUT2D eigenvalue weighted by Gasteiger charge is 2.61. The summed E-state index contributed by atoms with van der Waals surface area (Å²) in [6.07, 6.45) is 4.94. The molecule has 8 heteroatoms. The molecule has 7 nitrogen and oxygen atoms in total. The van der Waals surface area contributed by atoms with E-state index in [1.54, 1.807) is 25.1 Å². The number of carbonyl (C=O) groups is 4. The second-order valence-corrected chi connectivity index (χ2v) is 9.73. The lowest BCUT2D eigenvalue weighted by molar-refractivity contribution is -0.160. The standard InChI is InChI=1S/C27H25ClN2O5/c1-15-19(28)8-5-9-20(15)29-22(31)14-35-27(34)21(12-16-6-3-2-4-7-16)30-25(32)23-17-10-11-18(13-17)24(23)26(30)33/h2-11,17-18,21,23-24H,12-14H2,1H3,(H,29,31)/t17-,18-,21-,23+,24+/m0/s1. The van der Waals surface area contributed by atoms with Crippen LogP contribution in [0.15, 0.2) is 60.7 Å². The molecule has 0 radical (unpaired) electrons. The van der Waals surface area contributed by atoms with E-state index in [9.17, 15) is 19.2 Å². The fraction of sp³-hybridized carbons (Fsp3) is 0.333. The molecule has 180 valence electrons. The smallest absolute Gasteiger partial charge is 0.330 e. The first kappa shape index (κ1) is 23.3. The number of hydrogen-bond donors (Lipinski definition) is 1. The number of amides is 3. The zero-order chi connectivity index (χ0) is 24.7. The lowest BCUT2D eigenvalue weighted by Crippen LogP contribution is -2.48. The van der Waals surface area contributed by atoms with Crippen molar-refractivity contribution in [2.45, 2.75) is 25.8 Å². The normalized spacial score (nSPS) is 25.0. The van der Waals surface area contributed by atoms with Crippen molar-refractivity contribution in [1.82, 2.24) is 4.90 Å². The Hall–Kier alpha value is -3.45. The van der Waals surface area contributed by atoms with Crippen LogP contribution in [0.3, 0.4) is 0 Å². The number of allylic oxidation sites excluding steroid dienone is 2. The largest absolute Gasteiger partial charge is 0.454 e. The molecule has 1 saturated heterocycles. The van der Waals surface area contributed by atoms with Crippen LogP contribution >= 0.6 is 11.6 Å². The van der Waals surface area contributed by atoms with E-state index in [0.29, 0.717) is 16.3 Å². The van der Waals surface area contributed by atoms with Gasteiger partial charge >= 0.3 is 5.97 Å². The highest BCUT2D eigenvalue weighted by molar-refractivity contribution is 6.31. The van der Waals surface area contributed by atoms with Crippen LogP contribution in [0.4, 0.5) is 5.69 Å². The Balaban J connectivity index is 1.32. The van der Waals surface area contributed by atoms with Crippen molar-refractivity contribution in [1.29, 1.82) is 0 Å². The molecule has 2 aromatic rings. The Labute approximate surface area is 208 Å². The maximum atomic E-state index is 13.3. The number of nitrogens with zero attached hydrogens (tertiary/aromatic N) is 1. The van der Waals surface area contributed by atoms with Crippen LogP contribution in [0.5, 0.6) is 0 Å². The van der Waals surface area contributed by atoms with Crippen molar-refractivity contribution in [3.63, 3.8) is 0 Å². The SMILES string of the molecule is Cc1c(Cl)cccc1NC(=O)COC(=O)[C@H](Cc1ccccc1)N1C(=O)[C@H]2[C@H](C1=O)[C@H]1C=C[C@H]2C1. The number of halogens is 1. The molecule has 0 unspecified atom stereocenters. The van der Waals surface area contributed by atoms with Gasteiger partial charge < -0.3 is 10.1 Å². The molecule has 2 fully saturated rings. The third-order valence-corrected chi connectivity index (χ3v) is 7.66. The van der Waals surface area contributed by atoms with Crippen LogP contribution in [-0.2, 0) is 30.3 Å². The maximum absolute atomic E-state index is 13.3. The van der Waals surface area contributed by atoms with Crippen LogP contribution in [0.1, 0.15) is 17.5 Å². The molecule has 5 atom stereocenters. The second-order valence-electron chi connectivity index (χ2n) is 9.32. The van der Waals surface area contributed by atoms with Gasteiger partial charge in [0.05, 0.1) is 11.8 Å². The Kier molecular flexibility index (Phi) is 6.19. The van der Waals surface area contributed by atoms with Gasteiger partial charge in [0.2, 0.25) is 11.8 Å². The van der Waals surface area contributed by atoms with E-state index in [1.165, 1.54) is 0 Å². The molecule has 2 bridgehead atoms. The monoisotopic (exact) mass is 492 g/mol. The minimum absolute atomic E-state index is 0.0339. The number of carbonyl (C=O) groups excluding carboxylic acids is 4. The Morgan fingerprint density at radius 3 is 2.34 bits per heavy atom. The van der Waals surface area contributed by atoms with Gasteiger partial charge in [-0.05, 0) is 48.4 Å². The molecule has 2 aromatic carbocycles. The number of imide groups is 1. The summed E-state index contributed by atoms with van der Waals surface area (Å²) < 4.78 is 5.34. The predicted octanol–water partition coefficient (Wildman–Crippen LogP) is 3.55. The molecule has 1 aliphatic heterocycles. The van der Waals surface area contributed by atoms with E-state index in [2.05, 4.69) is 5.32 Å². The Morgan fingerprint density at radius 2 is 1.69 bits per heavy atom. The van der Waals surface area contributed by atoms with Gasteiger partial charge in [-0.2, -0.15) is 0 Å². The van der Waals surface area contributed by atoms with Gasteiger partial charge in [0.15, 0.2) is 6.61 Å². The van der Waals surface area contributed by atoms with Gasteiger partial charge in [-0.25, -0.2) is 4.79 Å². The number of esters is 1. The van der Waals surface area contributed by atoms with Crippen LogP contribution in [0.2, 0.25) is 5.02 Å². The van der Waals surface area contributed by atoms with Crippen molar-refractivity contribution >= 4 is 41.0 Å². The van der Waals surface area contributed by atoms with Gasteiger partial charge in [0.1, 0.15) is 6.04 Å². The summed E-state index contributed by atoms with van der Waals surface area (Å²) in [4.78, 5) is 53.5. The average molecular weight is 493 g/mol. The zero-order valence-electron chi connectivity index (χ0n) is 19.1. The minimum Gasteiger partial charge on any atom is -0.454 e. The minimum atomic E-state index is -1.14. The molecular weight excluding hydrogens is 468 g/mol. The molecule has 0 spiro atoms. The topological polar surface area (TPSA) is 92.8 Å². The summed E-state index contributed by atoms with van der Waals surface area (Å²) in [7, 11) is 0. The molecule has 3 aliphatic rings. The number of hydrogen-bond acceptors (Lipinski definition) is 5. The number of nitrogens with one attached hydrogen (secondary N) is 1. The summed E-state index contributed by atoms with van der Waals surface area (Å²) in [5.41, 5.74) is 1.99. The van der Waals surface area contributed by atoms with Gasteiger partial charge in [0.25, 0.3) is 5.91 Å². The quantitative estimate of drug-likeness (QED) is 0.362. The number of benzene rings is 2. The molecular formula is C27H25ClN2O5. The Bertz CT molecular complexity index is 1200. The first-order chi connectivity index (χ1) is 16.8. The van der Waals surface area contributed by atoms with Gasteiger partial charge in [-0.1, -0.05) is 60.2 Å². The second kappa shape index (κ2) is 9.30. The molecule has 1 heterocycles. The molecule has 3 amide bonds. The van der Waals surface area contributed by atoms with Gasteiger partial charge in [-0.15, -0.1) is 0 Å². The summed E-state index contributed by atoms with van der Waals surface area (Å²) in [5, 5.41) is 3.18. The predicted molar refractivity (Wildman–Crippen MR) is 129 cm³/mol. The summed E-state index contributed by atoms with van der Waals surface area (Å²) in [6.45, 7) is 1.22. The van der Waals surface area contributed by atoms with Crippen molar-refractivity contribution in [3.05, 3.63) is 76.8 Å². The average Bonchev–Trinajstić information content (AvgIpc) is 3.53. The number of fused-ring (bicyclic) bond motifs is 5. The van der Waals surface area contributed by atoms with E-state index in [4.69, 9.17) is 16.3 Å². The number of likely N-dealkylation sites (tertiary alicyclic amines) is 1. The number of rotatable bonds is 7. The van der Waals surface area contributed by atoms with E-state index < -0.39 is 36.4 Å². The third kappa shape index (κ3) is 4.25. The summed E-state index contributed by atoms with van der Waals surface area (Å²) in [6, 6.07) is 13.1. The third-order valence-electron chi connectivity index (χ3n) is 7.25. The molecule has 35 heavy (non-hydrogen) atoms. The maximum Gasteiger partial charge on any atom is 0.330 e. The van der Waals surface area contributed by atoms with Crippen LogP contribution in [0, 0.1) is 30.6 Å². The fourth-order valence-electron chi connectivity index (χ4n) is 5.51. The highest BCUT2D eigenvalue weighted by atomic mass is 35.5. The lowest BCUT2D eigenvalue weighted by atomic mass is 9.85. The van der Waals surface area contributed by atoms with Crippen LogP contribution in [0.25, 0.3) is 0 Å². The number of ether oxygens (including phenoxy) is 1. The van der Waals surface area contributed by atoms with Crippen molar-refractivity contribution in [2.75, 3.05) is 11.9 Å². The summed E-state index contributed by atoms with van der Waals surface area (Å²) in [5.74, 6) is -2.75. The van der Waals surface area contributed by atoms with E-state index in [0.717, 1.165) is 16.9 Å². The summed E-state index contributed by atoms with van der Waals surface area (Å²) >= 11 is 6.10.